The predicted octanol–water partition coefficient (Wildman–Crippen LogP) is 3.83. The highest BCUT2D eigenvalue weighted by Gasteiger charge is 2.22. The molecule has 1 atom stereocenters. The fourth-order valence-electron chi connectivity index (χ4n) is 2.83. The van der Waals surface area contributed by atoms with Crippen LogP contribution in [0.2, 0.25) is 5.02 Å². The van der Waals surface area contributed by atoms with Crippen molar-refractivity contribution in [1.82, 2.24) is 10.2 Å². The summed E-state index contributed by atoms with van der Waals surface area (Å²) in [5.74, 6) is -0.206. The summed E-state index contributed by atoms with van der Waals surface area (Å²) in [6.45, 7) is 6.07. The van der Waals surface area contributed by atoms with Gasteiger partial charge in [0.2, 0.25) is 0 Å². The molecule has 112 valence electrons. The van der Waals surface area contributed by atoms with E-state index in [1.807, 2.05) is 0 Å². The second-order valence-electron chi connectivity index (χ2n) is 5.56. The first-order valence-corrected chi connectivity index (χ1v) is 7.97. The van der Waals surface area contributed by atoms with E-state index in [1.165, 1.54) is 25.3 Å². The van der Waals surface area contributed by atoms with Crippen LogP contribution in [-0.2, 0) is 6.54 Å². The Labute approximate surface area is 126 Å². The quantitative estimate of drug-likeness (QED) is 0.803. The van der Waals surface area contributed by atoms with Crippen molar-refractivity contribution in [2.24, 2.45) is 0 Å². The van der Waals surface area contributed by atoms with Gasteiger partial charge in [0, 0.05) is 24.2 Å². The van der Waals surface area contributed by atoms with Crippen LogP contribution in [0.4, 0.5) is 4.39 Å². The first-order valence-electron chi connectivity index (χ1n) is 7.59. The lowest BCUT2D eigenvalue weighted by Crippen LogP contribution is -2.45. The van der Waals surface area contributed by atoms with Crippen LogP contribution in [0, 0.1) is 5.82 Å². The van der Waals surface area contributed by atoms with E-state index in [2.05, 4.69) is 17.1 Å². The predicted molar refractivity (Wildman–Crippen MR) is 82.6 cm³/mol. The van der Waals surface area contributed by atoms with E-state index in [4.69, 9.17) is 11.6 Å². The van der Waals surface area contributed by atoms with Crippen molar-refractivity contribution >= 4 is 11.6 Å². The van der Waals surface area contributed by atoms with Crippen LogP contribution in [0.1, 0.15) is 38.2 Å². The van der Waals surface area contributed by atoms with Gasteiger partial charge in [0.25, 0.3) is 0 Å². The molecule has 0 radical (unpaired) electrons. The maximum absolute atomic E-state index is 13.4. The van der Waals surface area contributed by atoms with Crippen LogP contribution in [0.15, 0.2) is 18.2 Å². The number of piperidine rings is 1. The topological polar surface area (TPSA) is 15.3 Å². The molecule has 1 saturated heterocycles. The molecule has 0 aromatic heterocycles. The van der Waals surface area contributed by atoms with E-state index in [1.54, 1.807) is 12.1 Å². The smallest absolute Gasteiger partial charge is 0.123 e. The third-order valence-electron chi connectivity index (χ3n) is 3.94. The summed E-state index contributed by atoms with van der Waals surface area (Å²) in [5, 5.41) is 4.16. The lowest BCUT2D eigenvalue weighted by molar-refractivity contribution is 0.137. The highest BCUT2D eigenvalue weighted by molar-refractivity contribution is 6.31. The van der Waals surface area contributed by atoms with Crippen LogP contribution < -0.4 is 5.32 Å². The van der Waals surface area contributed by atoms with Gasteiger partial charge in [-0.2, -0.15) is 0 Å². The molecular weight excluding hydrogens is 275 g/mol. The van der Waals surface area contributed by atoms with E-state index >= 15 is 0 Å². The number of nitrogens with zero attached hydrogens (tertiary/aromatic N) is 1. The first kappa shape index (κ1) is 15.7. The maximum atomic E-state index is 13.4. The fraction of sp³-hybridized carbons (Fsp3) is 0.625. The van der Waals surface area contributed by atoms with E-state index in [0.717, 1.165) is 38.2 Å². The average Bonchev–Trinajstić information content (AvgIpc) is 2.45. The van der Waals surface area contributed by atoms with Crippen LogP contribution in [0.3, 0.4) is 0 Å². The Kier molecular flexibility index (Phi) is 6.27. The molecule has 4 heteroatoms. The van der Waals surface area contributed by atoms with Gasteiger partial charge < -0.3 is 5.32 Å². The third kappa shape index (κ3) is 4.44. The van der Waals surface area contributed by atoms with Gasteiger partial charge >= 0.3 is 0 Å². The highest BCUT2D eigenvalue weighted by atomic mass is 35.5. The van der Waals surface area contributed by atoms with Crippen LogP contribution in [0.25, 0.3) is 0 Å². The maximum Gasteiger partial charge on any atom is 0.123 e. The summed E-state index contributed by atoms with van der Waals surface area (Å²) in [6.07, 6.45) is 4.87. The summed E-state index contributed by atoms with van der Waals surface area (Å²) < 4.78 is 13.4. The number of hydrogen-bond acceptors (Lipinski definition) is 2. The Morgan fingerprint density at radius 3 is 3.05 bits per heavy atom. The third-order valence-corrected chi connectivity index (χ3v) is 4.31. The molecule has 2 rings (SSSR count). The van der Waals surface area contributed by atoms with Gasteiger partial charge in [-0.25, -0.2) is 4.39 Å². The summed E-state index contributed by atoms with van der Waals surface area (Å²) in [7, 11) is 0. The zero-order valence-electron chi connectivity index (χ0n) is 12.2. The average molecular weight is 299 g/mol. The lowest BCUT2D eigenvalue weighted by Gasteiger charge is -2.36. The summed E-state index contributed by atoms with van der Waals surface area (Å²) >= 11 is 6.18. The molecule has 1 heterocycles. The Morgan fingerprint density at radius 2 is 2.25 bits per heavy atom. The van der Waals surface area contributed by atoms with Gasteiger partial charge in [0.15, 0.2) is 0 Å². The minimum atomic E-state index is -0.206. The number of benzene rings is 1. The molecule has 0 bridgehead atoms. The second-order valence-corrected chi connectivity index (χ2v) is 5.97. The molecule has 1 unspecified atom stereocenters. The van der Waals surface area contributed by atoms with Crippen LogP contribution >= 0.6 is 11.6 Å². The molecule has 1 aliphatic heterocycles. The van der Waals surface area contributed by atoms with Crippen LogP contribution in [-0.4, -0.2) is 30.6 Å². The van der Waals surface area contributed by atoms with Crippen molar-refractivity contribution in [2.45, 2.75) is 45.2 Å². The van der Waals surface area contributed by atoms with Gasteiger partial charge in [-0.15, -0.1) is 0 Å². The molecule has 2 nitrogen and oxygen atoms in total. The van der Waals surface area contributed by atoms with Gasteiger partial charge in [0.1, 0.15) is 5.82 Å². The first-order chi connectivity index (χ1) is 9.70. The molecule has 0 aliphatic carbocycles. The molecule has 0 spiro atoms. The molecule has 1 fully saturated rings. The molecular formula is C16H24ClFN2. The highest BCUT2D eigenvalue weighted by Crippen LogP contribution is 2.23. The molecule has 1 aliphatic rings. The number of likely N-dealkylation sites (tertiary alicyclic amines) is 1. The van der Waals surface area contributed by atoms with E-state index in [-0.39, 0.29) is 5.82 Å². The van der Waals surface area contributed by atoms with Crippen molar-refractivity contribution in [3.63, 3.8) is 0 Å². The Morgan fingerprint density at radius 1 is 1.40 bits per heavy atom. The van der Waals surface area contributed by atoms with Gasteiger partial charge in [-0.1, -0.05) is 24.9 Å². The standard InChI is InChI=1S/C16H24ClFN2/c1-2-8-19-11-15-5-3-4-9-20(15)12-13-10-14(18)6-7-16(13)17/h6-7,10,15,19H,2-5,8-9,11-12H2,1H3. The molecule has 1 aromatic carbocycles. The van der Waals surface area contributed by atoms with Crippen molar-refractivity contribution < 1.29 is 4.39 Å². The number of nitrogens with one attached hydrogen (secondary N) is 1. The molecule has 1 N–H and O–H groups in total. The summed E-state index contributed by atoms with van der Waals surface area (Å²) in [6, 6.07) is 5.17. The minimum Gasteiger partial charge on any atom is -0.315 e. The van der Waals surface area contributed by atoms with Gasteiger partial charge in [-0.3, -0.25) is 4.90 Å². The minimum absolute atomic E-state index is 0.206. The Balaban J connectivity index is 1.98. The van der Waals surface area contributed by atoms with Gasteiger partial charge in [0.05, 0.1) is 0 Å². The fourth-order valence-corrected chi connectivity index (χ4v) is 3.01. The Bertz CT molecular complexity index is 425. The number of halogens is 2. The van der Waals surface area contributed by atoms with Gasteiger partial charge in [-0.05, 0) is 56.1 Å². The molecule has 0 amide bonds. The monoisotopic (exact) mass is 298 g/mol. The molecule has 1 aromatic rings. The SMILES string of the molecule is CCCNCC1CCCCN1Cc1cc(F)ccc1Cl. The largest absolute Gasteiger partial charge is 0.315 e. The van der Waals surface area contributed by atoms with E-state index < -0.39 is 0 Å². The van der Waals surface area contributed by atoms with Crippen molar-refractivity contribution in [2.75, 3.05) is 19.6 Å². The zero-order chi connectivity index (χ0) is 14.4. The summed E-state index contributed by atoms with van der Waals surface area (Å²) in [5.41, 5.74) is 0.897. The van der Waals surface area contributed by atoms with Crippen LogP contribution in [0.5, 0.6) is 0 Å². The summed E-state index contributed by atoms with van der Waals surface area (Å²) in [4.78, 5) is 2.44. The zero-order valence-corrected chi connectivity index (χ0v) is 12.9. The second kappa shape index (κ2) is 7.96. The molecule has 0 saturated carbocycles. The van der Waals surface area contributed by atoms with Crippen molar-refractivity contribution in [3.05, 3.63) is 34.6 Å². The van der Waals surface area contributed by atoms with E-state index in [0.29, 0.717) is 11.1 Å². The van der Waals surface area contributed by atoms with E-state index in [9.17, 15) is 4.39 Å². The normalized spacial score (nSPS) is 20.2. The lowest BCUT2D eigenvalue weighted by atomic mass is 10.0. The number of hydrogen-bond donors (Lipinski definition) is 1. The Hall–Kier alpha value is -0.640. The number of rotatable bonds is 6. The van der Waals surface area contributed by atoms with Crippen molar-refractivity contribution in [1.29, 1.82) is 0 Å². The molecule has 20 heavy (non-hydrogen) atoms. The van der Waals surface area contributed by atoms with Crippen molar-refractivity contribution in [3.8, 4) is 0 Å².